The van der Waals surface area contributed by atoms with Crippen molar-refractivity contribution in [3.05, 3.63) is 243 Å². The Morgan fingerprint density at radius 1 is 0.191 bits per heavy atom. The second-order valence-corrected chi connectivity index (χ2v) is 18.5. The third-order valence-corrected chi connectivity index (χ3v) is 14.8. The van der Waals surface area contributed by atoms with Crippen molar-refractivity contribution in [2.75, 3.05) is 0 Å². The number of nitrogens with zero attached hydrogens (tertiary/aromatic N) is 2. The Balaban J connectivity index is 1.11. The van der Waals surface area contributed by atoms with Crippen molar-refractivity contribution >= 4 is 108 Å². The molecule has 0 aliphatic carbocycles. The first-order chi connectivity index (χ1) is 33.7. The number of hydrogen-bond donors (Lipinski definition) is 0. The molecule has 0 aliphatic heterocycles. The minimum absolute atomic E-state index is 1.16. The summed E-state index contributed by atoms with van der Waals surface area (Å²) in [7, 11) is 0. The molecular formula is C66H40N2. The molecule has 0 bridgehead atoms. The van der Waals surface area contributed by atoms with Crippen LogP contribution in [-0.2, 0) is 0 Å². The normalized spacial score (nSPS) is 12.1. The zero-order valence-corrected chi connectivity index (χ0v) is 37.0. The van der Waals surface area contributed by atoms with Crippen LogP contribution < -0.4 is 0 Å². The van der Waals surface area contributed by atoms with Gasteiger partial charge in [-0.3, -0.25) is 0 Å². The van der Waals surface area contributed by atoms with Crippen LogP contribution in [0.1, 0.15) is 0 Å². The van der Waals surface area contributed by atoms with Gasteiger partial charge >= 0.3 is 0 Å². The molecule has 2 heteroatoms. The molecule has 13 aromatic carbocycles. The van der Waals surface area contributed by atoms with Crippen molar-refractivity contribution in [3.8, 4) is 33.6 Å². The zero-order chi connectivity index (χ0) is 44.5. The molecule has 0 N–H and O–H groups in total. The molecule has 0 radical (unpaired) electrons. The predicted molar refractivity (Wildman–Crippen MR) is 291 cm³/mol. The Hall–Kier alpha value is -8.98. The first-order valence-electron chi connectivity index (χ1n) is 23.6. The molecule has 0 atom stereocenters. The summed E-state index contributed by atoms with van der Waals surface area (Å²) in [4.78, 5) is 0. The Kier molecular flexibility index (Phi) is 7.81. The lowest BCUT2D eigenvalue weighted by Crippen LogP contribution is -1.94. The molecule has 0 saturated heterocycles. The molecule has 68 heavy (non-hydrogen) atoms. The van der Waals surface area contributed by atoms with E-state index in [1.165, 1.54) is 131 Å². The maximum Gasteiger partial charge on any atom is 0.0547 e. The highest BCUT2D eigenvalue weighted by Gasteiger charge is 2.21. The van der Waals surface area contributed by atoms with Gasteiger partial charge in [-0.15, -0.1) is 0 Å². The van der Waals surface area contributed by atoms with E-state index in [0.29, 0.717) is 0 Å². The van der Waals surface area contributed by atoms with E-state index in [4.69, 9.17) is 0 Å². The quantitative estimate of drug-likeness (QED) is 0.123. The summed E-state index contributed by atoms with van der Waals surface area (Å²) in [6.07, 6.45) is 0. The van der Waals surface area contributed by atoms with Gasteiger partial charge in [-0.2, -0.15) is 0 Å². The summed E-state index contributed by atoms with van der Waals surface area (Å²) < 4.78 is 4.90. The third-order valence-electron chi connectivity index (χ3n) is 14.8. The Morgan fingerprint density at radius 2 is 0.588 bits per heavy atom. The monoisotopic (exact) mass is 860 g/mol. The zero-order valence-electron chi connectivity index (χ0n) is 37.0. The standard InChI is InChI=1S/C66H40N2/c1-3-19-49(20-4-1)67-63-25-13-11-23-51(63)61-37-57-53(45-29-27-41-15-7-9-17-43(41)31-45)34-47-33-48-35-54(46-30-28-42-16-8-10-18-44(42)32-46)58-38-62-52-24-12-14-26-64(52)68(50-21-5-2-6-22-50)66(62)40-60(58)56(48)36-55(47)59(57)39-65(61)67/h1-40H. The lowest BCUT2D eigenvalue weighted by atomic mass is 9.87. The SMILES string of the molecule is c1ccc(-n2c3ccccc3c3cc4c(-c5ccc6ccccc6c5)cc5cc6cc(-c7ccc8ccccc8c7)c7cc8c9ccccc9n(-c9ccccc9)c8cc7c6cc5c4cc32)cc1. The summed E-state index contributed by atoms with van der Waals surface area (Å²) in [6.45, 7) is 0. The van der Waals surface area contributed by atoms with Crippen LogP contribution in [0.15, 0.2) is 243 Å². The van der Waals surface area contributed by atoms with Crippen molar-refractivity contribution < 1.29 is 0 Å². The van der Waals surface area contributed by atoms with Gasteiger partial charge in [0.15, 0.2) is 0 Å². The first-order valence-corrected chi connectivity index (χ1v) is 23.6. The minimum Gasteiger partial charge on any atom is -0.309 e. The second-order valence-electron chi connectivity index (χ2n) is 18.5. The van der Waals surface area contributed by atoms with Crippen LogP contribution >= 0.6 is 0 Å². The number of rotatable bonds is 4. The number of para-hydroxylation sites is 4. The summed E-state index contributed by atoms with van der Waals surface area (Å²) >= 11 is 0. The number of benzene rings is 13. The lowest BCUT2D eigenvalue weighted by molar-refractivity contribution is 1.18. The van der Waals surface area contributed by atoms with E-state index in [-0.39, 0.29) is 0 Å². The van der Waals surface area contributed by atoms with Gasteiger partial charge in [0, 0.05) is 32.9 Å². The van der Waals surface area contributed by atoms with Crippen LogP contribution in [0.4, 0.5) is 0 Å². The minimum atomic E-state index is 1.16. The van der Waals surface area contributed by atoms with E-state index in [1.54, 1.807) is 0 Å². The number of fused-ring (bicyclic) bond motifs is 14. The third kappa shape index (κ3) is 5.46. The molecule has 0 unspecified atom stereocenters. The molecule has 0 aliphatic rings. The average Bonchev–Trinajstić information content (AvgIpc) is 3.91. The number of hydrogen-bond acceptors (Lipinski definition) is 0. The molecule has 0 saturated carbocycles. The average molecular weight is 861 g/mol. The smallest absolute Gasteiger partial charge is 0.0547 e. The van der Waals surface area contributed by atoms with Gasteiger partial charge in [-0.05, 0) is 184 Å². The summed E-state index contributed by atoms with van der Waals surface area (Å²) in [5.74, 6) is 0. The maximum absolute atomic E-state index is 2.51. The van der Waals surface area contributed by atoms with Crippen LogP contribution in [0.25, 0.3) is 142 Å². The van der Waals surface area contributed by atoms with Crippen molar-refractivity contribution in [2.24, 2.45) is 0 Å². The van der Waals surface area contributed by atoms with Crippen LogP contribution in [0.3, 0.4) is 0 Å². The molecular weight excluding hydrogens is 821 g/mol. The molecule has 0 fully saturated rings. The summed E-state index contributed by atoms with van der Waals surface area (Å²) in [5, 5.41) is 19.9. The van der Waals surface area contributed by atoms with Gasteiger partial charge in [0.2, 0.25) is 0 Å². The Bertz CT molecular complexity index is 4300. The number of aromatic nitrogens is 2. The predicted octanol–water partition coefficient (Wildman–Crippen LogP) is 18.1. The molecule has 2 aromatic heterocycles. The van der Waals surface area contributed by atoms with Gasteiger partial charge in [-0.25, -0.2) is 0 Å². The molecule has 15 rings (SSSR count). The van der Waals surface area contributed by atoms with Crippen LogP contribution in [0, 0.1) is 0 Å². The van der Waals surface area contributed by atoms with Gasteiger partial charge < -0.3 is 9.13 Å². The van der Waals surface area contributed by atoms with E-state index < -0.39 is 0 Å². The van der Waals surface area contributed by atoms with Crippen LogP contribution in [0.5, 0.6) is 0 Å². The molecule has 2 heterocycles. The van der Waals surface area contributed by atoms with E-state index in [0.717, 1.165) is 11.4 Å². The molecule has 2 nitrogen and oxygen atoms in total. The van der Waals surface area contributed by atoms with Crippen molar-refractivity contribution in [3.63, 3.8) is 0 Å². The highest BCUT2D eigenvalue weighted by atomic mass is 15.0. The Labute approximate surface area is 391 Å². The lowest BCUT2D eigenvalue weighted by Gasteiger charge is -2.17. The second kappa shape index (κ2) is 14.3. The highest BCUT2D eigenvalue weighted by molar-refractivity contribution is 6.27. The van der Waals surface area contributed by atoms with Gasteiger partial charge in [0.25, 0.3) is 0 Å². The van der Waals surface area contributed by atoms with Gasteiger partial charge in [-0.1, -0.05) is 146 Å². The maximum atomic E-state index is 2.51. The van der Waals surface area contributed by atoms with E-state index in [9.17, 15) is 0 Å². The van der Waals surface area contributed by atoms with E-state index >= 15 is 0 Å². The van der Waals surface area contributed by atoms with Gasteiger partial charge in [0.05, 0.1) is 22.1 Å². The van der Waals surface area contributed by atoms with E-state index in [1.807, 2.05) is 0 Å². The van der Waals surface area contributed by atoms with Gasteiger partial charge in [0.1, 0.15) is 0 Å². The molecule has 0 amide bonds. The fourth-order valence-electron chi connectivity index (χ4n) is 11.6. The molecule has 0 spiro atoms. The molecule has 314 valence electrons. The fraction of sp³-hybridized carbons (Fsp3) is 0. The Morgan fingerprint density at radius 3 is 1.06 bits per heavy atom. The molecule has 15 aromatic rings. The summed E-state index contributed by atoms with van der Waals surface area (Å²) in [6, 6.07) is 90.5. The van der Waals surface area contributed by atoms with Crippen molar-refractivity contribution in [1.29, 1.82) is 0 Å². The fourth-order valence-corrected chi connectivity index (χ4v) is 11.6. The summed E-state index contributed by atoms with van der Waals surface area (Å²) in [5.41, 5.74) is 12.0. The van der Waals surface area contributed by atoms with Crippen LogP contribution in [0.2, 0.25) is 0 Å². The first kappa shape index (κ1) is 37.3. The van der Waals surface area contributed by atoms with Crippen molar-refractivity contribution in [2.45, 2.75) is 0 Å². The largest absolute Gasteiger partial charge is 0.309 e. The van der Waals surface area contributed by atoms with Crippen LogP contribution in [-0.4, -0.2) is 9.13 Å². The van der Waals surface area contributed by atoms with E-state index in [2.05, 4.69) is 252 Å². The van der Waals surface area contributed by atoms with Crippen molar-refractivity contribution in [1.82, 2.24) is 9.13 Å². The topological polar surface area (TPSA) is 9.86 Å². The highest BCUT2D eigenvalue weighted by Crippen LogP contribution is 2.46.